The van der Waals surface area contributed by atoms with E-state index >= 15 is 0 Å². The third-order valence-electron chi connectivity index (χ3n) is 1.92. The number of rotatable bonds is 4. The second-order valence-corrected chi connectivity index (χ2v) is 4.52. The molecule has 1 atom stereocenters. The van der Waals surface area contributed by atoms with Crippen molar-refractivity contribution in [3.8, 4) is 5.75 Å². The van der Waals surface area contributed by atoms with Crippen molar-refractivity contribution in [1.82, 2.24) is 5.32 Å². The zero-order valence-electron chi connectivity index (χ0n) is 9.09. The van der Waals surface area contributed by atoms with E-state index in [4.69, 9.17) is 16.3 Å². The summed E-state index contributed by atoms with van der Waals surface area (Å²) >= 11 is 9.12. The van der Waals surface area contributed by atoms with E-state index in [0.717, 1.165) is 4.47 Å². The van der Waals surface area contributed by atoms with Gasteiger partial charge in [-0.2, -0.15) is 0 Å². The molecule has 0 fully saturated rings. The van der Waals surface area contributed by atoms with E-state index in [-0.39, 0.29) is 5.91 Å². The van der Waals surface area contributed by atoms with Gasteiger partial charge < -0.3 is 10.1 Å². The second kappa shape index (κ2) is 6.11. The number of hydrogen-bond acceptors (Lipinski definition) is 2. The Labute approximate surface area is 108 Å². The largest absolute Gasteiger partial charge is 0.480 e. The molecule has 0 saturated carbocycles. The van der Waals surface area contributed by atoms with Crippen LogP contribution in [0.1, 0.15) is 13.8 Å². The number of likely N-dealkylation sites (N-methyl/N-ethyl adjacent to an activating group) is 1. The van der Waals surface area contributed by atoms with E-state index in [0.29, 0.717) is 17.3 Å². The van der Waals surface area contributed by atoms with Crippen LogP contribution in [0.2, 0.25) is 5.02 Å². The number of carbonyl (C=O) groups is 1. The van der Waals surface area contributed by atoms with Crippen molar-refractivity contribution in [2.45, 2.75) is 20.0 Å². The molecule has 0 heterocycles. The fourth-order valence-corrected chi connectivity index (χ4v) is 1.91. The lowest BCUT2D eigenvalue weighted by Crippen LogP contribution is -2.36. The Morgan fingerprint density at radius 2 is 2.31 bits per heavy atom. The Kier molecular flexibility index (Phi) is 5.09. The monoisotopic (exact) mass is 305 g/mol. The van der Waals surface area contributed by atoms with Gasteiger partial charge >= 0.3 is 0 Å². The van der Waals surface area contributed by atoms with Gasteiger partial charge in [-0.25, -0.2) is 0 Å². The Bertz CT molecular complexity index is 384. The topological polar surface area (TPSA) is 38.3 Å². The van der Waals surface area contributed by atoms with E-state index in [1.165, 1.54) is 0 Å². The van der Waals surface area contributed by atoms with Crippen LogP contribution >= 0.6 is 27.5 Å². The zero-order valence-corrected chi connectivity index (χ0v) is 11.4. The maximum atomic E-state index is 11.4. The Morgan fingerprint density at radius 1 is 1.62 bits per heavy atom. The summed E-state index contributed by atoms with van der Waals surface area (Å²) in [4.78, 5) is 11.4. The molecule has 16 heavy (non-hydrogen) atoms. The quantitative estimate of drug-likeness (QED) is 0.928. The van der Waals surface area contributed by atoms with Crippen LogP contribution in [0.25, 0.3) is 0 Å². The first-order valence-electron chi connectivity index (χ1n) is 4.94. The lowest BCUT2D eigenvalue weighted by molar-refractivity contribution is -0.127. The predicted molar refractivity (Wildman–Crippen MR) is 67.9 cm³/mol. The minimum atomic E-state index is -0.530. The molecule has 0 aliphatic rings. The van der Waals surface area contributed by atoms with Crippen molar-refractivity contribution in [2.75, 3.05) is 6.54 Å². The number of nitrogens with one attached hydrogen (secondary N) is 1. The van der Waals surface area contributed by atoms with E-state index in [9.17, 15) is 4.79 Å². The molecule has 0 spiro atoms. The first-order valence-corrected chi connectivity index (χ1v) is 6.11. The van der Waals surface area contributed by atoms with Crippen molar-refractivity contribution >= 4 is 33.4 Å². The molecule has 0 bridgehead atoms. The van der Waals surface area contributed by atoms with E-state index < -0.39 is 6.10 Å². The summed E-state index contributed by atoms with van der Waals surface area (Å²) in [5.41, 5.74) is 0. The third-order valence-corrected chi connectivity index (χ3v) is 2.77. The van der Waals surface area contributed by atoms with Gasteiger partial charge in [0, 0.05) is 11.6 Å². The van der Waals surface area contributed by atoms with Gasteiger partial charge in [0.05, 0.1) is 4.47 Å². The summed E-state index contributed by atoms with van der Waals surface area (Å²) in [7, 11) is 0. The molecule has 3 nitrogen and oxygen atoms in total. The van der Waals surface area contributed by atoms with Gasteiger partial charge in [0.15, 0.2) is 6.10 Å². The van der Waals surface area contributed by atoms with Crippen LogP contribution in [0.4, 0.5) is 0 Å². The molecule has 1 aromatic rings. The van der Waals surface area contributed by atoms with Crippen molar-refractivity contribution < 1.29 is 9.53 Å². The molecule has 88 valence electrons. The van der Waals surface area contributed by atoms with E-state index in [1.807, 2.05) is 6.92 Å². The molecule has 0 aromatic heterocycles. The summed E-state index contributed by atoms with van der Waals surface area (Å²) in [6, 6.07) is 5.16. The zero-order chi connectivity index (χ0) is 12.1. The third kappa shape index (κ3) is 3.68. The first-order chi connectivity index (χ1) is 7.54. The van der Waals surface area contributed by atoms with Gasteiger partial charge in [0.2, 0.25) is 0 Å². The maximum Gasteiger partial charge on any atom is 0.260 e. The molecule has 5 heteroatoms. The molecular formula is C11H13BrClNO2. The number of amides is 1. The first kappa shape index (κ1) is 13.3. The average Bonchev–Trinajstić information content (AvgIpc) is 2.22. The lowest BCUT2D eigenvalue weighted by atomic mass is 10.3. The molecule has 1 rings (SSSR count). The minimum Gasteiger partial charge on any atom is -0.480 e. The lowest BCUT2D eigenvalue weighted by Gasteiger charge is -2.15. The molecule has 1 N–H and O–H groups in total. The maximum absolute atomic E-state index is 11.4. The van der Waals surface area contributed by atoms with E-state index in [1.54, 1.807) is 25.1 Å². The minimum absolute atomic E-state index is 0.135. The van der Waals surface area contributed by atoms with Crippen LogP contribution < -0.4 is 10.1 Å². The molecule has 0 unspecified atom stereocenters. The molecule has 0 aliphatic heterocycles. The summed E-state index contributed by atoms with van der Waals surface area (Å²) in [5.74, 6) is 0.465. The standard InChI is InChI=1S/C11H13BrClNO2/c1-3-14-11(15)7(2)16-10-5-4-8(13)6-9(10)12/h4-7H,3H2,1-2H3,(H,14,15)/t7-/m1/s1. The SMILES string of the molecule is CCNC(=O)[C@@H](C)Oc1ccc(Cl)cc1Br. The highest BCUT2D eigenvalue weighted by molar-refractivity contribution is 9.10. The fraction of sp³-hybridized carbons (Fsp3) is 0.364. The van der Waals surface area contributed by atoms with Gasteiger partial charge in [0.1, 0.15) is 5.75 Å². The Morgan fingerprint density at radius 3 is 2.88 bits per heavy atom. The van der Waals surface area contributed by atoms with Gasteiger partial charge in [-0.3, -0.25) is 4.79 Å². The number of halogens is 2. The van der Waals surface area contributed by atoms with Gasteiger partial charge in [-0.05, 0) is 48.0 Å². The Balaban J connectivity index is 2.69. The second-order valence-electron chi connectivity index (χ2n) is 3.23. The highest BCUT2D eigenvalue weighted by atomic mass is 79.9. The van der Waals surface area contributed by atoms with Crippen LogP contribution in [0.3, 0.4) is 0 Å². The molecular weight excluding hydrogens is 293 g/mol. The van der Waals surface area contributed by atoms with Gasteiger partial charge in [0.25, 0.3) is 5.91 Å². The number of carbonyl (C=O) groups excluding carboxylic acids is 1. The predicted octanol–water partition coefficient (Wildman–Crippen LogP) is 3.01. The van der Waals surface area contributed by atoms with E-state index in [2.05, 4.69) is 21.2 Å². The number of benzene rings is 1. The average molecular weight is 307 g/mol. The van der Waals surface area contributed by atoms with Crippen molar-refractivity contribution in [2.24, 2.45) is 0 Å². The van der Waals surface area contributed by atoms with Crippen LogP contribution in [0, 0.1) is 0 Å². The number of ether oxygens (including phenoxy) is 1. The molecule has 0 aliphatic carbocycles. The van der Waals surface area contributed by atoms with Crippen molar-refractivity contribution in [3.05, 3.63) is 27.7 Å². The Hall–Kier alpha value is -0.740. The fourth-order valence-electron chi connectivity index (χ4n) is 1.13. The summed E-state index contributed by atoms with van der Waals surface area (Å²) in [6.45, 7) is 4.16. The summed E-state index contributed by atoms with van der Waals surface area (Å²) < 4.78 is 6.23. The summed E-state index contributed by atoms with van der Waals surface area (Å²) in [5, 5.41) is 3.31. The molecule has 1 amide bonds. The van der Waals surface area contributed by atoms with Crippen LogP contribution in [-0.4, -0.2) is 18.6 Å². The van der Waals surface area contributed by atoms with Gasteiger partial charge in [-0.1, -0.05) is 11.6 Å². The normalized spacial score (nSPS) is 12.0. The molecule has 0 radical (unpaired) electrons. The highest BCUT2D eigenvalue weighted by Gasteiger charge is 2.14. The smallest absolute Gasteiger partial charge is 0.260 e. The highest BCUT2D eigenvalue weighted by Crippen LogP contribution is 2.28. The van der Waals surface area contributed by atoms with Crippen molar-refractivity contribution in [1.29, 1.82) is 0 Å². The summed E-state index contributed by atoms with van der Waals surface area (Å²) in [6.07, 6.45) is -0.530. The van der Waals surface area contributed by atoms with Gasteiger partial charge in [-0.15, -0.1) is 0 Å². The van der Waals surface area contributed by atoms with Crippen LogP contribution in [-0.2, 0) is 4.79 Å². The van der Waals surface area contributed by atoms with Crippen molar-refractivity contribution in [3.63, 3.8) is 0 Å². The molecule has 0 saturated heterocycles. The molecule has 1 aromatic carbocycles. The van der Waals surface area contributed by atoms with Crippen LogP contribution in [0.5, 0.6) is 5.75 Å². The number of hydrogen-bond donors (Lipinski definition) is 1. The van der Waals surface area contributed by atoms with Crippen LogP contribution in [0.15, 0.2) is 22.7 Å².